The molecule has 76 heavy (non-hydrogen) atoms. The van der Waals surface area contributed by atoms with Gasteiger partial charge in [0.25, 0.3) is 0 Å². The fraction of sp³-hybridized carbons (Fsp3) is 0.0417. The number of fused-ring (bicyclic) bond motifs is 14. The summed E-state index contributed by atoms with van der Waals surface area (Å²) < 4.78 is 12.1. The van der Waals surface area contributed by atoms with E-state index in [0.717, 1.165) is 77.5 Å². The van der Waals surface area contributed by atoms with Crippen molar-refractivity contribution >= 4 is 109 Å². The Morgan fingerprint density at radius 3 is 1.86 bits per heavy atom. The van der Waals surface area contributed by atoms with E-state index in [4.69, 9.17) is 9.41 Å². The number of rotatable bonds is 6. The number of nitrogens with zero attached hydrogens (tertiary/aromatic N) is 3. The fourth-order valence-electron chi connectivity index (χ4n) is 12.8. The highest BCUT2D eigenvalue weighted by Crippen LogP contribution is 2.48. The molecule has 0 N–H and O–H groups in total. The molecular formula is C72H47N3O. The minimum atomic E-state index is -0.195. The standard InChI is InChI=1S/C72H47N3O/c1-44-60(41-64(51-24-16-23-48(37-51)45-17-4-2-5-18-45)73-70(44)52-33-34-57-56-29-14-15-30-65(56)74(66(57)40-52)53-25-6-3-7-26-53)62-43-69-63(59-36-32-47-20-11-13-28-55(47)72(59)76-69)42-68(62)75-67-39-50-22-9-8-21-49(50)38-61(67)58-35-31-46-19-10-12-27-54(46)71(58)75/h2-40,42-43,64H,41H2,1H3/t64-/m0/s1. The number of aliphatic imine (C=N–C) groups is 1. The van der Waals surface area contributed by atoms with Crippen molar-refractivity contribution < 1.29 is 4.42 Å². The van der Waals surface area contributed by atoms with E-state index in [0.29, 0.717) is 6.42 Å². The van der Waals surface area contributed by atoms with Crippen LogP contribution in [0.15, 0.2) is 264 Å². The van der Waals surface area contributed by atoms with Crippen molar-refractivity contribution in [3.05, 3.63) is 271 Å². The first-order valence-corrected chi connectivity index (χ1v) is 26.4. The normalized spacial score (nSPS) is 14.2. The molecule has 0 aliphatic carbocycles. The molecule has 12 aromatic carbocycles. The second kappa shape index (κ2) is 16.6. The zero-order valence-corrected chi connectivity index (χ0v) is 41.7. The third kappa shape index (κ3) is 6.47. The van der Waals surface area contributed by atoms with E-state index in [9.17, 15) is 0 Å². The number of aromatic nitrogens is 2. The van der Waals surface area contributed by atoms with E-state index < -0.39 is 0 Å². The van der Waals surface area contributed by atoms with Crippen LogP contribution in [0.4, 0.5) is 0 Å². The van der Waals surface area contributed by atoms with Crippen molar-refractivity contribution in [2.24, 2.45) is 4.99 Å². The third-order valence-electron chi connectivity index (χ3n) is 16.4. The SMILES string of the molecule is CC1=C(c2cc3oc4c5ccccc5ccc4c3cc2-n2c3cc4ccccc4cc3c3ccc4ccccc4c32)C[C@@H](c2cccc(-c3ccccc3)c2)N=C1c1ccc2c3ccccc3n(-c3ccccc3)c2c1. The summed E-state index contributed by atoms with van der Waals surface area (Å²) in [4.78, 5) is 5.89. The quantitative estimate of drug-likeness (QED) is 0.164. The lowest BCUT2D eigenvalue weighted by molar-refractivity contribution is 0.672. The van der Waals surface area contributed by atoms with E-state index in [2.05, 4.69) is 265 Å². The van der Waals surface area contributed by atoms with E-state index in [1.165, 1.54) is 76.4 Å². The molecule has 0 saturated heterocycles. The van der Waals surface area contributed by atoms with E-state index >= 15 is 0 Å². The predicted octanol–water partition coefficient (Wildman–Crippen LogP) is 19.3. The highest BCUT2D eigenvalue weighted by Gasteiger charge is 2.30. The van der Waals surface area contributed by atoms with Crippen LogP contribution >= 0.6 is 0 Å². The number of hydrogen-bond acceptors (Lipinski definition) is 2. The lowest BCUT2D eigenvalue weighted by Gasteiger charge is -2.28. The molecule has 1 aliphatic heterocycles. The molecule has 4 heterocycles. The van der Waals surface area contributed by atoms with Crippen LogP contribution in [-0.2, 0) is 0 Å². The van der Waals surface area contributed by atoms with Crippen LogP contribution in [0.2, 0.25) is 0 Å². The summed E-state index contributed by atoms with van der Waals surface area (Å²) in [6, 6.07) is 91.0. The van der Waals surface area contributed by atoms with Crippen LogP contribution in [0.25, 0.3) is 126 Å². The van der Waals surface area contributed by atoms with Gasteiger partial charge in [0.05, 0.1) is 39.5 Å². The Balaban J connectivity index is 1.02. The summed E-state index contributed by atoms with van der Waals surface area (Å²) in [5.74, 6) is 0. The van der Waals surface area contributed by atoms with Gasteiger partial charge in [0.1, 0.15) is 11.2 Å². The topological polar surface area (TPSA) is 35.4 Å². The molecule has 0 saturated carbocycles. The molecule has 1 atom stereocenters. The van der Waals surface area contributed by atoms with Crippen molar-refractivity contribution in [3.8, 4) is 22.5 Å². The molecule has 0 amide bonds. The van der Waals surface area contributed by atoms with E-state index in [1.807, 2.05) is 0 Å². The van der Waals surface area contributed by atoms with Crippen LogP contribution < -0.4 is 0 Å². The minimum Gasteiger partial charge on any atom is -0.455 e. The van der Waals surface area contributed by atoms with Gasteiger partial charge in [-0.15, -0.1) is 0 Å². The summed E-state index contributed by atoms with van der Waals surface area (Å²) in [5, 5.41) is 14.2. The van der Waals surface area contributed by atoms with Crippen LogP contribution in [0.5, 0.6) is 0 Å². The number of hydrogen-bond donors (Lipinski definition) is 0. The number of furan rings is 1. The van der Waals surface area contributed by atoms with Gasteiger partial charge in [-0.05, 0) is 123 Å². The monoisotopic (exact) mass is 969 g/mol. The van der Waals surface area contributed by atoms with Gasteiger partial charge in [0.15, 0.2) is 0 Å². The van der Waals surface area contributed by atoms with Crippen molar-refractivity contribution in [1.29, 1.82) is 0 Å². The summed E-state index contributed by atoms with van der Waals surface area (Å²) in [6.07, 6.45) is 0.683. The number of allylic oxidation sites excluding steroid dienone is 1. The number of para-hydroxylation sites is 2. The molecule has 0 bridgehead atoms. The Morgan fingerprint density at radius 1 is 0.408 bits per heavy atom. The Labute approximate surface area is 438 Å². The van der Waals surface area contributed by atoms with Gasteiger partial charge in [-0.25, -0.2) is 0 Å². The molecule has 16 rings (SSSR count). The Hall–Kier alpha value is -9.77. The zero-order chi connectivity index (χ0) is 50.0. The summed E-state index contributed by atoms with van der Waals surface area (Å²) in [7, 11) is 0. The predicted molar refractivity (Wildman–Crippen MR) is 320 cm³/mol. The minimum absolute atomic E-state index is 0.195. The maximum Gasteiger partial charge on any atom is 0.143 e. The van der Waals surface area contributed by atoms with Crippen LogP contribution in [0.3, 0.4) is 0 Å². The average molecular weight is 970 g/mol. The lowest BCUT2D eigenvalue weighted by atomic mass is 9.83. The molecule has 0 unspecified atom stereocenters. The zero-order valence-electron chi connectivity index (χ0n) is 41.7. The van der Waals surface area contributed by atoms with Crippen molar-refractivity contribution in [1.82, 2.24) is 9.13 Å². The Morgan fingerprint density at radius 2 is 1.04 bits per heavy atom. The molecule has 4 heteroatoms. The molecule has 0 spiro atoms. The van der Waals surface area contributed by atoms with Crippen LogP contribution in [-0.4, -0.2) is 14.8 Å². The Bertz CT molecular complexity index is 4970. The molecule has 0 fully saturated rings. The maximum absolute atomic E-state index is 7.16. The highest BCUT2D eigenvalue weighted by atomic mass is 16.3. The van der Waals surface area contributed by atoms with E-state index in [1.54, 1.807) is 0 Å². The molecule has 356 valence electrons. The second-order valence-corrected chi connectivity index (χ2v) is 20.6. The van der Waals surface area contributed by atoms with Crippen LogP contribution in [0, 0.1) is 0 Å². The average Bonchev–Trinajstić information content (AvgIpc) is 4.14. The smallest absolute Gasteiger partial charge is 0.143 e. The molecule has 4 nitrogen and oxygen atoms in total. The van der Waals surface area contributed by atoms with Gasteiger partial charge in [0, 0.05) is 59.9 Å². The van der Waals surface area contributed by atoms with Gasteiger partial charge in [0.2, 0.25) is 0 Å². The van der Waals surface area contributed by atoms with Gasteiger partial charge >= 0.3 is 0 Å². The number of benzene rings is 12. The fourth-order valence-corrected chi connectivity index (χ4v) is 12.8. The van der Waals surface area contributed by atoms with Crippen molar-refractivity contribution in [2.75, 3.05) is 0 Å². The first-order chi connectivity index (χ1) is 37.6. The van der Waals surface area contributed by atoms with Gasteiger partial charge in [-0.3, -0.25) is 4.99 Å². The number of dihydropyridines is 1. The highest BCUT2D eigenvalue weighted by molar-refractivity contribution is 6.24. The summed E-state index contributed by atoms with van der Waals surface area (Å²) in [5.41, 5.74) is 17.8. The summed E-state index contributed by atoms with van der Waals surface area (Å²) in [6.45, 7) is 2.30. The van der Waals surface area contributed by atoms with Crippen molar-refractivity contribution in [2.45, 2.75) is 19.4 Å². The Kier molecular flexibility index (Phi) is 9.34. The summed E-state index contributed by atoms with van der Waals surface area (Å²) >= 11 is 0. The van der Waals surface area contributed by atoms with Gasteiger partial charge in [-0.2, -0.15) is 0 Å². The lowest BCUT2D eigenvalue weighted by Crippen LogP contribution is -2.16. The van der Waals surface area contributed by atoms with E-state index in [-0.39, 0.29) is 6.04 Å². The maximum atomic E-state index is 7.16. The van der Waals surface area contributed by atoms with Crippen LogP contribution in [0.1, 0.15) is 36.1 Å². The molecule has 1 aliphatic rings. The molecular weight excluding hydrogens is 923 g/mol. The van der Waals surface area contributed by atoms with Crippen molar-refractivity contribution in [3.63, 3.8) is 0 Å². The largest absolute Gasteiger partial charge is 0.455 e. The first-order valence-electron chi connectivity index (χ1n) is 26.4. The molecule has 15 aromatic rings. The van der Waals surface area contributed by atoms with Gasteiger partial charge in [-0.1, -0.05) is 188 Å². The molecule has 3 aromatic heterocycles. The molecule has 0 radical (unpaired) electrons. The first kappa shape index (κ1) is 42.7. The third-order valence-corrected chi connectivity index (χ3v) is 16.4. The second-order valence-electron chi connectivity index (χ2n) is 20.6. The van der Waals surface area contributed by atoms with Gasteiger partial charge < -0.3 is 13.6 Å².